The lowest BCUT2D eigenvalue weighted by atomic mass is 10.0. The molecule has 3 N–H and O–H groups in total. The summed E-state index contributed by atoms with van der Waals surface area (Å²) in [5.74, 6) is -1.10. The van der Waals surface area contributed by atoms with Crippen molar-refractivity contribution < 1.29 is 29.0 Å². The number of fused-ring (bicyclic) bond motifs is 1. The Hall–Kier alpha value is -4.15. The van der Waals surface area contributed by atoms with Gasteiger partial charge in [0.05, 0.1) is 12.8 Å². The second-order valence-corrected chi connectivity index (χ2v) is 8.90. The number of likely N-dealkylation sites (N-methyl/N-ethyl adjacent to an activating group) is 1. The first-order chi connectivity index (χ1) is 17.1. The standard InChI is InChI=1S/C25H31N5O6/c1-14(2)20(28-22(31)15(3)29(4)25(34)35)24(33)30-18(13-16-9-8-12-26-21(16)30)23(32)27-17-10-6-7-11-19(17)36-5/h6-12,14-15,18,20H,13H2,1-5H3,(H,27,32)(H,28,31)(H,34,35)/t15-,18-,20-/m0/s1. The molecule has 0 saturated heterocycles. The van der Waals surface area contributed by atoms with E-state index in [4.69, 9.17) is 4.74 Å². The zero-order valence-corrected chi connectivity index (χ0v) is 20.9. The van der Waals surface area contributed by atoms with Gasteiger partial charge in [-0.15, -0.1) is 0 Å². The van der Waals surface area contributed by atoms with Crippen LogP contribution in [0.5, 0.6) is 5.75 Å². The van der Waals surface area contributed by atoms with Crippen molar-refractivity contribution in [2.75, 3.05) is 24.4 Å². The number of nitrogens with zero attached hydrogens (tertiary/aromatic N) is 3. The van der Waals surface area contributed by atoms with Crippen molar-refractivity contribution in [2.24, 2.45) is 5.92 Å². The molecular weight excluding hydrogens is 466 g/mol. The van der Waals surface area contributed by atoms with Gasteiger partial charge in [0.2, 0.25) is 11.8 Å². The van der Waals surface area contributed by atoms with E-state index in [1.807, 2.05) is 0 Å². The molecule has 2 heterocycles. The lowest BCUT2D eigenvalue weighted by Crippen LogP contribution is -2.58. The van der Waals surface area contributed by atoms with E-state index in [2.05, 4.69) is 15.6 Å². The van der Waals surface area contributed by atoms with Gasteiger partial charge in [-0.05, 0) is 36.6 Å². The predicted molar refractivity (Wildman–Crippen MR) is 133 cm³/mol. The van der Waals surface area contributed by atoms with Crippen LogP contribution in [0.3, 0.4) is 0 Å². The molecular formula is C25H31N5O6. The molecule has 1 aliphatic heterocycles. The Morgan fingerprint density at radius 1 is 1.14 bits per heavy atom. The van der Waals surface area contributed by atoms with Crippen LogP contribution in [0.4, 0.5) is 16.3 Å². The summed E-state index contributed by atoms with van der Waals surface area (Å²) in [7, 11) is 2.77. The number of aromatic nitrogens is 1. The predicted octanol–water partition coefficient (Wildman–Crippen LogP) is 2.13. The first-order valence-corrected chi connectivity index (χ1v) is 11.5. The van der Waals surface area contributed by atoms with Gasteiger partial charge in [-0.1, -0.05) is 32.0 Å². The normalized spacial score (nSPS) is 16.1. The van der Waals surface area contributed by atoms with E-state index in [-0.39, 0.29) is 12.3 Å². The third-order valence-electron chi connectivity index (χ3n) is 6.22. The lowest BCUT2D eigenvalue weighted by molar-refractivity contribution is -0.131. The molecule has 1 aromatic heterocycles. The molecule has 1 aromatic carbocycles. The van der Waals surface area contributed by atoms with Crippen LogP contribution >= 0.6 is 0 Å². The number of hydrogen-bond acceptors (Lipinski definition) is 6. The zero-order valence-electron chi connectivity index (χ0n) is 20.9. The SMILES string of the molecule is COc1ccccc1NC(=O)[C@@H]1Cc2cccnc2N1C(=O)[C@@H](NC(=O)[C@H](C)N(C)C(=O)O)C(C)C. The van der Waals surface area contributed by atoms with Crippen LogP contribution in [-0.2, 0) is 20.8 Å². The third-order valence-corrected chi connectivity index (χ3v) is 6.22. The highest BCUT2D eigenvalue weighted by Gasteiger charge is 2.43. The van der Waals surface area contributed by atoms with Crippen molar-refractivity contribution >= 4 is 35.3 Å². The molecule has 0 aliphatic carbocycles. The molecule has 11 heteroatoms. The fourth-order valence-corrected chi connectivity index (χ4v) is 3.96. The maximum absolute atomic E-state index is 13.8. The van der Waals surface area contributed by atoms with E-state index in [0.717, 1.165) is 10.5 Å². The summed E-state index contributed by atoms with van der Waals surface area (Å²) < 4.78 is 5.32. The number of pyridine rings is 1. The molecule has 11 nitrogen and oxygen atoms in total. The highest BCUT2D eigenvalue weighted by molar-refractivity contribution is 6.09. The first kappa shape index (κ1) is 26.5. The van der Waals surface area contributed by atoms with Crippen LogP contribution in [0.15, 0.2) is 42.6 Å². The monoisotopic (exact) mass is 497 g/mol. The minimum atomic E-state index is -1.27. The van der Waals surface area contributed by atoms with E-state index < -0.39 is 41.9 Å². The summed E-state index contributed by atoms with van der Waals surface area (Å²) in [5, 5.41) is 14.7. The Morgan fingerprint density at radius 3 is 2.47 bits per heavy atom. The van der Waals surface area contributed by atoms with E-state index in [1.54, 1.807) is 50.2 Å². The van der Waals surface area contributed by atoms with Crippen LogP contribution in [-0.4, -0.2) is 71.1 Å². The number of carbonyl (C=O) groups is 4. The molecule has 3 atom stereocenters. The number of benzene rings is 1. The molecule has 0 unspecified atom stereocenters. The molecule has 0 radical (unpaired) electrons. The summed E-state index contributed by atoms with van der Waals surface area (Å²) in [6.45, 7) is 4.95. The lowest BCUT2D eigenvalue weighted by Gasteiger charge is -2.31. The smallest absolute Gasteiger partial charge is 0.407 e. The molecule has 192 valence electrons. The van der Waals surface area contributed by atoms with E-state index in [9.17, 15) is 24.3 Å². The van der Waals surface area contributed by atoms with Gasteiger partial charge in [-0.2, -0.15) is 0 Å². The van der Waals surface area contributed by atoms with E-state index >= 15 is 0 Å². The molecule has 0 saturated carbocycles. The fraction of sp³-hybridized carbons (Fsp3) is 0.400. The Labute approximate surface area is 209 Å². The third kappa shape index (κ3) is 5.40. The van der Waals surface area contributed by atoms with Crippen molar-refractivity contribution in [1.82, 2.24) is 15.2 Å². The van der Waals surface area contributed by atoms with Crippen molar-refractivity contribution in [3.05, 3.63) is 48.2 Å². The molecule has 4 amide bonds. The zero-order chi connectivity index (χ0) is 26.6. The second-order valence-electron chi connectivity index (χ2n) is 8.90. The molecule has 36 heavy (non-hydrogen) atoms. The molecule has 1 aliphatic rings. The van der Waals surface area contributed by atoms with Crippen LogP contribution in [0.25, 0.3) is 0 Å². The number of carboxylic acid groups (broad SMARTS) is 1. The van der Waals surface area contributed by atoms with Gasteiger partial charge in [0.1, 0.15) is 29.7 Å². The van der Waals surface area contributed by atoms with Gasteiger partial charge >= 0.3 is 6.09 Å². The number of carbonyl (C=O) groups excluding carboxylic acids is 3. The Morgan fingerprint density at radius 2 is 1.83 bits per heavy atom. The highest BCUT2D eigenvalue weighted by atomic mass is 16.5. The average Bonchev–Trinajstić information content (AvgIpc) is 3.25. The quantitative estimate of drug-likeness (QED) is 0.507. The van der Waals surface area contributed by atoms with Crippen LogP contribution in [0.1, 0.15) is 26.3 Å². The fourth-order valence-electron chi connectivity index (χ4n) is 3.96. The summed E-state index contributed by atoms with van der Waals surface area (Å²) in [6, 6.07) is 7.51. The average molecular weight is 498 g/mol. The molecule has 2 aromatic rings. The number of anilines is 2. The van der Waals surface area contributed by atoms with Crippen LogP contribution in [0.2, 0.25) is 0 Å². The number of para-hydroxylation sites is 2. The van der Waals surface area contributed by atoms with Gasteiger partial charge in [-0.3, -0.25) is 24.2 Å². The van der Waals surface area contributed by atoms with Gasteiger partial charge in [-0.25, -0.2) is 9.78 Å². The van der Waals surface area contributed by atoms with Crippen molar-refractivity contribution in [3.63, 3.8) is 0 Å². The van der Waals surface area contributed by atoms with Crippen molar-refractivity contribution in [1.29, 1.82) is 0 Å². The van der Waals surface area contributed by atoms with E-state index in [1.165, 1.54) is 32.2 Å². The number of rotatable bonds is 8. The maximum atomic E-state index is 13.8. The van der Waals surface area contributed by atoms with E-state index in [0.29, 0.717) is 17.3 Å². The van der Waals surface area contributed by atoms with Crippen LogP contribution in [0, 0.1) is 5.92 Å². The molecule has 0 spiro atoms. The summed E-state index contributed by atoms with van der Waals surface area (Å²) in [4.78, 5) is 57.8. The molecule has 3 rings (SSSR count). The minimum absolute atomic E-state index is 0.243. The number of ether oxygens (including phenoxy) is 1. The molecule has 0 bridgehead atoms. The Bertz CT molecular complexity index is 1150. The summed E-state index contributed by atoms with van der Waals surface area (Å²) in [5.41, 5.74) is 1.18. The van der Waals surface area contributed by atoms with Crippen LogP contribution < -0.4 is 20.3 Å². The first-order valence-electron chi connectivity index (χ1n) is 11.5. The van der Waals surface area contributed by atoms with Crippen molar-refractivity contribution in [3.8, 4) is 5.75 Å². The van der Waals surface area contributed by atoms with Gasteiger partial charge in [0.15, 0.2) is 0 Å². The topological polar surface area (TPSA) is 141 Å². The maximum Gasteiger partial charge on any atom is 0.407 e. The van der Waals surface area contributed by atoms with Gasteiger partial charge in [0.25, 0.3) is 5.91 Å². The van der Waals surface area contributed by atoms with Crippen molar-refractivity contribution in [2.45, 2.75) is 45.3 Å². The minimum Gasteiger partial charge on any atom is -0.495 e. The number of methoxy groups -OCH3 is 1. The largest absolute Gasteiger partial charge is 0.495 e. The highest BCUT2D eigenvalue weighted by Crippen LogP contribution is 2.33. The van der Waals surface area contributed by atoms with Gasteiger partial charge in [0, 0.05) is 19.7 Å². The summed E-state index contributed by atoms with van der Waals surface area (Å²) in [6.07, 6.45) is 0.509. The molecule has 0 fully saturated rings. The van der Waals surface area contributed by atoms with Gasteiger partial charge < -0.3 is 20.5 Å². The Balaban J connectivity index is 1.90. The second kappa shape index (κ2) is 11.1. The Kier molecular flexibility index (Phi) is 8.13. The number of amides is 4. The number of nitrogens with one attached hydrogen (secondary N) is 2. The number of hydrogen-bond donors (Lipinski definition) is 3. The summed E-state index contributed by atoms with van der Waals surface area (Å²) >= 11 is 0.